The van der Waals surface area contributed by atoms with Crippen LogP contribution in [0.15, 0.2) is 60.8 Å². The molecular weight excluding hydrogens is 364 g/mol. The normalized spacial score (nSPS) is 14.3. The number of carbonyl (C=O) groups is 1. The highest BCUT2D eigenvalue weighted by Crippen LogP contribution is 2.26. The van der Waals surface area contributed by atoms with Crippen molar-refractivity contribution in [1.29, 1.82) is 0 Å². The van der Waals surface area contributed by atoms with Crippen LogP contribution in [0, 0.1) is 0 Å². The van der Waals surface area contributed by atoms with Crippen molar-refractivity contribution in [2.75, 3.05) is 36.4 Å². The summed E-state index contributed by atoms with van der Waals surface area (Å²) in [5.41, 5.74) is 2.91. The third kappa shape index (κ3) is 4.42. The van der Waals surface area contributed by atoms with Crippen molar-refractivity contribution >= 4 is 28.3 Å². The quantitative estimate of drug-likeness (QED) is 0.718. The molecule has 6 nitrogen and oxygen atoms in total. The fourth-order valence-corrected chi connectivity index (χ4v) is 3.59. The molecule has 0 saturated carbocycles. The van der Waals surface area contributed by atoms with Gasteiger partial charge in [0.25, 0.3) is 0 Å². The van der Waals surface area contributed by atoms with Crippen LogP contribution in [0.4, 0.5) is 16.2 Å². The van der Waals surface area contributed by atoms with Gasteiger partial charge in [-0.1, -0.05) is 18.2 Å². The second-order valence-corrected chi connectivity index (χ2v) is 7.45. The topological polar surface area (TPSA) is 57.7 Å². The number of anilines is 2. The maximum absolute atomic E-state index is 12.6. The van der Waals surface area contributed by atoms with Gasteiger partial charge in [0.2, 0.25) is 0 Å². The van der Waals surface area contributed by atoms with Crippen LogP contribution in [0.3, 0.4) is 0 Å². The predicted octanol–water partition coefficient (Wildman–Crippen LogP) is 4.38. The van der Waals surface area contributed by atoms with Crippen molar-refractivity contribution in [3.63, 3.8) is 0 Å². The molecule has 2 aromatic carbocycles. The molecule has 2 heterocycles. The number of piperazine rings is 1. The van der Waals surface area contributed by atoms with Gasteiger partial charge < -0.3 is 19.9 Å². The molecule has 0 spiro atoms. The number of amides is 2. The zero-order valence-corrected chi connectivity index (χ0v) is 16.8. The van der Waals surface area contributed by atoms with Gasteiger partial charge in [0.05, 0.1) is 17.3 Å². The summed E-state index contributed by atoms with van der Waals surface area (Å²) in [5, 5.41) is 4.11. The summed E-state index contributed by atoms with van der Waals surface area (Å²) < 4.78 is 5.64. The lowest BCUT2D eigenvalue weighted by Crippen LogP contribution is -2.50. The zero-order valence-electron chi connectivity index (χ0n) is 16.8. The molecule has 6 heteroatoms. The Hall–Kier alpha value is -3.28. The van der Waals surface area contributed by atoms with Gasteiger partial charge in [-0.05, 0) is 50.2 Å². The molecule has 1 saturated heterocycles. The first-order valence-corrected chi connectivity index (χ1v) is 10.0. The van der Waals surface area contributed by atoms with E-state index in [-0.39, 0.29) is 12.1 Å². The Balaban J connectivity index is 1.36. The lowest BCUT2D eigenvalue weighted by atomic mass is 10.1. The van der Waals surface area contributed by atoms with Crippen LogP contribution >= 0.6 is 0 Å². The van der Waals surface area contributed by atoms with Crippen LogP contribution < -0.4 is 15.0 Å². The van der Waals surface area contributed by atoms with E-state index in [1.807, 2.05) is 55.3 Å². The predicted molar refractivity (Wildman–Crippen MR) is 117 cm³/mol. The van der Waals surface area contributed by atoms with Crippen LogP contribution in [-0.2, 0) is 0 Å². The van der Waals surface area contributed by atoms with Crippen molar-refractivity contribution in [2.45, 2.75) is 20.0 Å². The molecule has 4 rings (SSSR count). The van der Waals surface area contributed by atoms with Gasteiger partial charge in [-0.3, -0.25) is 4.98 Å². The smallest absolute Gasteiger partial charge is 0.321 e. The second-order valence-electron chi connectivity index (χ2n) is 7.45. The van der Waals surface area contributed by atoms with Gasteiger partial charge in [-0.2, -0.15) is 0 Å². The van der Waals surface area contributed by atoms with Crippen LogP contribution in [0.2, 0.25) is 0 Å². The number of fused-ring (bicyclic) bond motifs is 1. The molecule has 0 radical (unpaired) electrons. The molecule has 3 aromatic rings. The van der Waals surface area contributed by atoms with Gasteiger partial charge in [-0.15, -0.1) is 0 Å². The minimum Gasteiger partial charge on any atom is -0.491 e. The first-order chi connectivity index (χ1) is 14.1. The van der Waals surface area contributed by atoms with Gasteiger partial charge in [0.15, 0.2) is 0 Å². The highest BCUT2D eigenvalue weighted by Gasteiger charge is 2.22. The van der Waals surface area contributed by atoms with E-state index in [4.69, 9.17) is 4.74 Å². The Bertz CT molecular complexity index is 974. The number of urea groups is 1. The van der Waals surface area contributed by atoms with Crippen molar-refractivity contribution in [3.05, 3.63) is 60.8 Å². The molecule has 29 heavy (non-hydrogen) atoms. The van der Waals surface area contributed by atoms with E-state index in [0.717, 1.165) is 41.1 Å². The number of aromatic nitrogens is 1. The molecule has 1 fully saturated rings. The summed E-state index contributed by atoms with van der Waals surface area (Å²) in [7, 11) is 0. The number of nitrogens with one attached hydrogen (secondary N) is 1. The summed E-state index contributed by atoms with van der Waals surface area (Å²) in [4.78, 5) is 21.3. The molecular formula is C23H26N4O2. The van der Waals surface area contributed by atoms with Crippen molar-refractivity contribution < 1.29 is 9.53 Å². The van der Waals surface area contributed by atoms with Gasteiger partial charge in [-0.25, -0.2) is 4.79 Å². The fourth-order valence-electron chi connectivity index (χ4n) is 3.59. The van der Waals surface area contributed by atoms with Crippen molar-refractivity contribution in [3.8, 4) is 5.75 Å². The average Bonchev–Trinajstić information content (AvgIpc) is 2.74. The zero-order chi connectivity index (χ0) is 20.2. The van der Waals surface area contributed by atoms with Gasteiger partial charge in [0, 0.05) is 43.4 Å². The molecule has 0 atom stereocenters. The standard InChI is InChI=1S/C23H26N4O2/c1-17(2)29-20-10-8-19(9-11-20)25-23(28)27-15-13-26(14-16-27)21-7-3-5-18-6-4-12-24-22(18)21/h3-12,17H,13-16H2,1-2H3,(H,25,28). The third-order valence-electron chi connectivity index (χ3n) is 5.00. The Morgan fingerprint density at radius 3 is 2.45 bits per heavy atom. The molecule has 1 N–H and O–H groups in total. The Morgan fingerprint density at radius 1 is 1.00 bits per heavy atom. The van der Waals surface area contributed by atoms with E-state index >= 15 is 0 Å². The number of carbonyl (C=O) groups excluding carboxylic acids is 1. The fraction of sp³-hybridized carbons (Fsp3) is 0.304. The van der Waals surface area contributed by atoms with Crippen LogP contribution in [-0.4, -0.2) is 48.2 Å². The largest absolute Gasteiger partial charge is 0.491 e. The van der Waals surface area contributed by atoms with Crippen LogP contribution in [0.1, 0.15) is 13.8 Å². The summed E-state index contributed by atoms with van der Waals surface area (Å²) >= 11 is 0. The van der Waals surface area contributed by atoms with Gasteiger partial charge >= 0.3 is 6.03 Å². The summed E-state index contributed by atoms with van der Waals surface area (Å²) in [6, 6.07) is 17.7. The third-order valence-corrected chi connectivity index (χ3v) is 5.00. The lowest BCUT2D eigenvalue weighted by molar-refractivity contribution is 0.208. The minimum absolute atomic E-state index is 0.0711. The van der Waals surface area contributed by atoms with E-state index in [0.29, 0.717) is 13.1 Å². The molecule has 1 aliphatic rings. The first-order valence-electron chi connectivity index (χ1n) is 10.0. The lowest BCUT2D eigenvalue weighted by Gasteiger charge is -2.36. The molecule has 1 aliphatic heterocycles. The number of para-hydroxylation sites is 1. The van der Waals surface area contributed by atoms with Gasteiger partial charge in [0.1, 0.15) is 5.75 Å². The Morgan fingerprint density at radius 2 is 1.72 bits per heavy atom. The van der Waals surface area contributed by atoms with Crippen molar-refractivity contribution in [2.24, 2.45) is 0 Å². The molecule has 0 unspecified atom stereocenters. The Labute approximate surface area is 171 Å². The van der Waals surface area contributed by atoms with E-state index in [1.165, 1.54) is 0 Å². The molecule has 150 valence electrons. The number of rotatable bonds is 4. The number of nitrogens with zero attached hydrogens (tertiary/aromatic N) is 3. The van der Waals surface area contributed by atoms with E-state index in [9.17, 15) is 4.79 Å². The Kier molecular flexibility index (Phi) is 5.51. The highest BCUT2D eigenvalue weighted by molar-refractivity contribution is 5.91. The molecule has 1 aromatic heterocycles. The van der Waals surface area contributed by atoms with Crippen LogP contribution in [0.25, 0.3) is 10.9 Å². The van der Waals surface area contributed by atoms with Crippen molar-refractivity contribution in [1.82, 2.24) is 9.88 Å². The number of hydrogen-bond donors (Lipinski definition) is 1. The molecule has 2 amide bonds. The maximum atomic E-state index is 12.6. The first kappa shape index (κ1) is 19.1. The summed E-state index contributed by atoms with van der Waals surface area (Å²) in [6.07, 6.45) is 1.95. The monoisotopic (exact) mass is 390 g/mol. The summed E-state index contributed by atoms with van der Waals surface area (Å²) in [6.45, 7) is 6.88. The second kappa shape index (κ2) is 8.39. The van der Waals surface area contributed by atoms with E-state index in [1.54, 1.807) is 0 Å². The van der Waals surface area contributed by atoms with E-state index in [2.05, 4.69) is 39.5 Å². The highest BCUT2D eigenvalue weighted by atomic mass is 16.5. The van der Waals surface area contributed by atoms with E-state index < -0.39 is 0 Å². The summed E-state index contributed by atoms with van der Waals surface area (Å²) in [5.74, 6) is 0.801. The number of benzene rings is 2. The average molecular weight is 390 g/mol. The number of pyridine rings is 1. The SMILES string of the molecule is CC(C)Oc1ccc(NC(=O)N2CCN(c3cccc4cccnc34)CC2)cc1. The number of ether oxygens (including phenoxy) is 1. The minimum atomic E-state index is -0.0711. The molecule has 0 aliphatic carbocycles. The molecule has 0 bridgehead atoms. The van der Waals surface area contributed by atoms with Crippen LogP contribution in [0.5, 0.6) is 5.75 Å². The maximum Gasteiger partial charge on any atom is 0.321 e. The number of hydrogen-bond acceptors (Lipinski definition) is 4.